The van der Waals surface area contributed by atoms with Crippen LogP contribution in [0.2, 0.25) is 5.02 Å². The van der Waals surface area contributed by atoms with Gasteiger partial charge in [0.1, 0.15) is 0 Å². The molecule has 2 aliphatic heterocycles. The van der Waals surface area contributed by atoms with E-state index < -0.39 is 0 Å². The number of piperazine rings is 1. The predicted molar refractivity (Wildman–Crippen MR) is 140 cm³/mol. The fraction of sp³-hybridized carbons (Fsp3) is 0.696. The van der Waals surface area contributed by atoms with Gasteiger partial charge in [0.05, 0.1) is 12.6 Å². The van der Waals surface area contributed by atoms with Crippen LogP contribution in [-0.2, 0) is 11.3 Å². The molecule has 0 bridgehead atoms. The Labute approximate surface area is 209 Å². The molecule has 1 saturated carbocycles. The van der Waals surface area contributed by atoms with E-state index in [0.29, 0.717) is 24.6 Å². The second kappa shape index (κ2) is 10.4. The Bertz CT molecular complexity index is 781. The molecule has 3 unspecified atom stereocenters. The Morgan fingerprint density at radius 3 is 2.71 bits per heavy atom. The Morgan fingerprint density at radius 2 is 2.00 bits per heavy atom. The van der Waals surface area contributed by atoms with E-state index >= 15 is 0 Å². The standard InChI is InChI=1S/C23H36ClN5O.HI/c1-5-25-22(27-20-16-9-14-30-21(16)23(20,2)3)26-15-17-18(24)7-6-8-19(17)29-12-10-28(4)11-13-29;/h6-8,16,20-21H,5,9-15H2,1-4H3,(H2,25,26,27);1H. The second-order valence-corrected chi connectivity index (χ2v) is 9.82. The summed E-state index contributed by atoms with van der Waals surface area (Å²) in [5.74, 6) is 1.44. The highest BCUT2D eigenvalue weighted by molar-refractivity contribution is 14.0. The molecule has 1 aromatic rings. The van der Waals surface area contributed by atoms with Gasteiger partial charge in [0.2, 0.25) is 0 Å². The third-order valence-electron chi connectivity index (χ3n) is 7.07. The van der Waals surface area contributed by atoms with Crippen molar-refractivity contribution in [2.75, 3.05) is 51.3 Å². The number of fused-ring (bicyclic) bond motifs is 1. The molecular weight excluding hydrogens is 525 g/mol. The number of aliphatic imine (C=N–C) groups is 1. The highest BCUT2D eigenvalue weighted by Gasteiger charge is 2.59. The third kappa shape index (κ3) is 5.09. The maximum Gasteiger partial charge on any atom is 0.191 e. The Kier molecular flexibility index (Phi) is 8.38. The monoisotopic (exact) mass is 561 g/mol. The molecule has 0 aromatic heterocycles. The fourth-order valence-corrected chi connectivity index (χ4v) is 5.52. The number of halogens is 2. The van der Waals surface area contributed by atoms with Crippen LogP contribution in [0.5, 0.6) is 0 Å². The van der Waals surface area contributed by atoms with Gasteiger partial charge in [-0.05, 0) is 32.5 Å². The zero-order valence-electron chi connectivity index (χ0n) is 19.2. The van der Waals surface area contributed by atoms with Crippen LogP contribution in [0.3, 0.4) is 0 Å². The summed E-state index contributed by atoms with van der Waals surface area (Å²) in [6, 6.07) is 6.58. The molecule has 3 aliphatic rings. The second-order valence-electron chi connectivity index (χ2n) is 9.41. The number of anilines is 1. The highest BCUT2D eigenvalue weighted by atomic mass is 127. The van der Waals surface area contributed by atoms with Crippen LogP contribution in [0, 0.1) is 11.3 Å². The van der Waals surface area contributed by atoms with Crippen LogP contribution < -0.4 is 15.5 Å². The SMILES string of the molecule is CCNC(=NCc1c(Cl)cccc1N1CCN(C)CC1)NC1C2CCOC2C1(C)C.I. The van der Waals surface area contributed by atoms with Gasteiger partial charge in [-0.25, -0.2) is 4.99 Å². The van der Waals surface area contributed by atoms with Crippen molar-refractivity contribution in [2.45, 2.75) is 45.9 Å². The molecule has 174 valence electrons. The van der Waals surface area contributed by atoms with Crippen molar-refractivity contribution in [3.63, 3.8) is 0 Å². The van der Waals surface area contributed by atoms with Gasteiger partial charge in [0, 0.05) is 73.0 Å². The van der Waals surface area contributed by atoms with E-state index in [-0.39, 0.29) is 29.4 Å². The number of nitrogens with zero attached hydrogens (tertiary/aromatic N) is 3. The van der Waals surface area contributed by atoms with E-state index in [0.717, 1.165) is 62.3 Å². The zero-order valence-corrected chi connectivity index (χ0v) is 22.2. The van der Waals surface area contributed by atoms with Crippen LogP contribution in [0.25, 0.3) is 0 Å². The van der Waals surface area contributed by atoms with Crippen molar-refractivity contribution >= 4 is 47.2 Å². The number of guanidine groups is 1. The molecule has 0 radical (unpaired) electrons. The minimum atomic E-state index is 0. The molecular formula is C23H37ClIN5O. The van der Waals surface area contributed by atoms with Crippen molar-refractivity contribution in [1.82, 2.24) is 15.5 Å². The summed E-state index contributed by atoms with van der Waals surface area (Å²) in [5, 5.41) is 7.93. The Hall–Kier alpha value is -0.770. The summed E-state index contributed by atoms with van der Waals surface area (Å²) in [6.07, 6.45) is 1.49. The first-order chi connectivity index (χ1) is 14.4. The van der Waals surface area contributed by atoms with E-state index in [1.54, 1.807) is 0 Å². The number of hydrogen-bond donors (Lipinski definition) is 2. The molecule has 0 amide bonds. The normalized spacial score (nSPS) is 27.8. The number of hydrogen-bond acceptors (Lipinski definition) is 4. The molecule has 4 rings (SSSR count). The zero-order chi connectivity index (χ0) is 21.3. The number of likely N-dealkylation sites (N-methyl/N-ethyl adjacent to an activating group) is 1. The quantitative estimate of drug-likeness (QED) is 0.327. The van der Waals surface area contributed by atoms with E-state index in [1.165, 1.54) is 5.69 Å². The van der Waals surface area contributed by atoms with Gasteiger partial charge >= 0.3 is 0 Å². The minimum absolute atomic E-state index is 0. The Morgan fingerprint density at radius 1 is 1.26 bits per heavy atom. The number of benzene rings is 1. The molecule has 2 saturated heterocycles. The molecule has 0 spiro atoms. The van der Waals surface area contributed by atoms with E-state index in [9.17, 15) is 0 Å². The first kappa shape index (κ1) is 24.9. The number of ether oxygens (including phenoxy) is 1. The maximum atomic E-state index is 6.64. The van der Waals surface area contributed by atoms with E-state index in [1.807, 2.05) is 12.1 Å². The molecule has 2 heterocycles. The predicted octanol–water partition coefficient (Wildman–Crippen LogP) is 3.58. The molecule has 1 aromatic carbocycles. The molecule has 31 heavy (non-hydrogen) atoms. The Balaban J connectivity index is 0.00000272. The van der Waals surface area contributed by atoms with Gasteiger partial charge in [0.25, 0.3) is 0 Å². The first-order valence-electron chi connectivity index (χ1n) is 11.3. The van der Waals surface area contributed by atoms with Gasteiger partial charge in [-0.3, -0.25) is 0 Å². The lowest BCUT2D eigenvalue weighted by atomic mass is 9.57. The van der Waals surface area contributed by atoms with Gasteiger partial charge in [0.15, 0.2) is 5.96 Å². The number of nitrogens with one attached hydrogen (secondary N) is 2. The molecule has 3 atom stereocenters. The summed E-state index contributed by atoms with van der Waals surface area (Å²) in [7, 11) is 2.18. The lowest BCUT2D eigenvalue weighted by molar-refractivity contribution is -0.106. The molecule has 1 aliphatic carbocycles. The molecule has 8 heteroatoms. The van der Waals surface area contributed by atoms with E-state index in [2.05, 4.69) is 54.3 Å². The molecule has 3 fully saturated rings. The average Bonchev–Trinajstić information content (AvgIpc) is 3.18. The highest BCUT2D eigenvalue weighted by Crippen LogP contribution is 2.52. The minimum Gasteiger partial charge on any atom is -0.377 e. The van der Waals surface area contributed by atoms with Crippen LogP contribution >= 0.6 is 35.6 Å². The van der Waals surface area contributed by atoms with Crippen molar-refractivity contribution in [1.29, 1.82) is 0 Å². The molecule has 6 nitrogen and oxygen atoms in total. The smallest absolute Gasteiger partial charge is 0.191 e. The largest absolute Gasteiger partial charge is 0.377 e. The fourth-order valence-electron chi connectivity index (χ4n) is 5.29. The first-order valence-corrected chi connectivity index (χ1v) is 11.7. The lowest BCUT2D eigenvalue weighted by Crippen LogP contribution is -2.67. The van der Waals surface area contributed by atoms with Crippen molar-refractivity contribution < 1.29 is 4.74 Å². The topological polar surface area (TPSA) is 52.1 Å². The summed E-state index contributed by atoms with van der Waals surface area (Å²) in [6.45, 7) is 13.1. The van der Waals surface area contributed by atoms with E-state index in [4.69, 9.17) is 21.3 Å². The van der Waals surface area contributed by atoms with Gasteiger partial charge in [-0.15, -0.1) is 24.0 Å². The van der Waals surface area contributed by atoms with Crippen molar-refractivity contribution in [2.24, 2.45) is 16.3 Å². The van der Waals surface area contributed by atoms with Crippen LogP contribution in [-0.4, -0.2) is 69.4 Å². The molecule has 2 N–H and O–H groups in total. The summed E-state index contributed by atoms with van der Waals surface area (Å²) in [5.41, 5.74) is 2.44. The van der Waals surface area contributed by atoms with Gasteiger partial charge < -0.3 is 25.2 Å². The van der Waals surface area contributed by atoms with Crippen LogP contribution in [0.15, 0.2) is 23.2 Å². The lowest BCUT2D eigenvalue weighted by Gasteiger charge is -2.54. The average molecular weight is 562 g/mol. The van der Waals surface area contributed by atoms with Crippen LogP contribution in [0.1, 0.15) is 32.8 Å². The number of rotatable bonds is 5. The van der Waals surface area contributed by atoms with Gasteiger partial charge in [-0.1, -0.05) is 31.5 Å². The summed E-state index contributed by atoms with van der Waals surface area (Å²) >= 11 is 6.64. The van der Waals surface area contributed by atoms with Crippen molar-refractivity contribution in [3.8, 4) is 0 Å². The third-order valence-corrected chi connectivity index (χ3v) is 7.42. The van der Waals surface area contributed by atoms with Crippen LogP contribution in [0.4, 0.5) is 5.69 Å². The van der Waals surface area contributed by atoms with Crippen molar-refractivity contribution in [3.05, 3.63) is 28.8 Å². The van der Waals surface area contributed by atoms with Gasteiger partial charge in [-0.2, -0.15) is 0 Å². The summed E-state index contributed by atoms with van der Waals surface area (Å²) < 4.78 is 5.95. The summed E-state index contributed by atoms with van der Waals surface area (Å²) in [4.78, 5) is 9.75. The maximum absolute atomic E-state index is 6.64.